The van der Waals surface area contributed by atoms with Gasteiger partial charge in [-0.3, -0.25) is 5.10 Å². The highest BCUT2D eigenvalue weighted by Gasteiger charge is 2.14. The molecule has 1 atom stereocenters. The van der Waals surface area contributed by atoms with Crippen molar-refractivity contribution in [2.75, 3.05) is 6.61 Å². The second-order valence-corrected chi connectivity index (χ2v) is 2.55. The molecule has 1 unspecified atom stereocenters. The van der Waals surface area contributed by atoms with E-state index in [1.807, 2.05) is 0 Å². The quantitative estimate of drug-likeness (QED) is 0.645. The predicted octanol–water partition coefficient (Wildman–Crippen LogP) is 0.00110. The van der Waals surface area contributed by atoms with Crippen LogP contribution in [0.2, 0.25) is 0 Å². The number of hydrogen-bond donors (Lipinski definition) is 2. The van der Waals surface area contributed by atoms with Gasteiger partial charge in [-0.15, -0.1) is 5.10 Å². The average Bonchev–Trinajstić information content (AvgIpc) is 2.52. The first-order chi connectivity index (χ1) is 6.15. The Labute approximate surface area is 75.5 Å². The Bertz CT molecular complexity index is 294. The summed E-state index contributed by atoms with van der Waals surface area (Å²) in [6.45, 7) is 3.77. The van der Waals surface area contributed by atoms with Gasteiger partial charge in [0.05, 0.1) is 12.6 Å². The molecule has 0 aliphatic heterocycles. The third-order valence-corrected chi connectivity index (χ3v) is 1.39. The maximum Gasteiger partial charge on any atom is 0.378 e. The van der Waals surface area contributed by atoms with Crippen LogP contribution in [0.1, 0.15) is 36.3 Å². The van der Waals surface area contributed by atoms with Gasteiger partial charge < -0.3 is 10.5 Å². The zero-order valence-corrected chi connectivity index (χ0v) is 7.57. The molecule has 0 aliphatic carbocycles. The number of aromatic amines is 1. The van der Waals surface area contributed by atoms with E-state index in [-0.39, 0.29) is 11.9 Å². The molecule has 1 heterocycles. The molecule has 0 bridgehead atoms. The number of esters is 1. The third-order valence-electron chi connectivity index (χ3n) is 1.39. The van der Waals surface area contributed by atoms with Crippen LogP contribution in [-0.4, -0.2) is 27.8 Å². The molecule has 1 rings (SSSR count). The minimum atomic E-state index is -0.536. The largest absolute Gasteiger partial charge is 0.460 e. The SMILES string of the molecule is CCOC(=O)c1n[nH]c(C(C)N)n1. The van der Waals surface area contributed by atoms with Crippen molar-refractivity contribution in [1.29, 1.82) is 0 Å². The van der Waals surface area contributed by atoms with E-state index in [0.717, 1.165) is 0 Å². The molecule has 1 aromatic heterocycles. The number of nitrogens with zero attached hydrogens (tertiary/aromatic N) is 2. The van der Waals surface area contributed by atoms with Crippen molar-refractivity contribution >= 4 is 5.97 Å². The van der Waals surface area contributed by atoms with Crippen molar-refractivity contribution in [2.45, 2.75) is 19.9 Å². The number of hydrogen-bond acceptors (Lipinski definition) is 5. The number of carbonyl (C=O) groups is 1. The van der Waals surface area contributed by atoms with Crippen molar-refractivity contribution in [1.82, 2.24) is 15.2 Å². The van der Waals surface area contributed by atoms with Crippen LogP contribution < -0.4 is 5.73 Å². The number of aromatic nitrogens is 3. The molecular weight excluding hydrogens is 172 g/mol. The van der Waals surface area contributed by atoms with Gasteiger partial charge in [0, 0.05) is 0 Å². The molecule has 72 valence electrons. The van der Waals surface area contributed by atoms with Gasteiger partial charge in [0.25, 0.3) is 5.82 Å². The third kappa shape index (κ3) is 2.25. The van der Waals surface area contributed by atoms with E-state index in [4.69, 9.17) is 10.5 Å². The lowest BCUT2D eigenvalue weighted by Crippen LogP contribution is -2.09. The van der Waals surface area contributed by atoms with Gasteiger partial charge in [0.1, 0.15) is 5.82 Å². The molecule has 0 spiro atoms. The predicted molar refractivity (Wildman–Crippen MR) is 44.9 cm³/mol. The monoisotopic (exact) mass is 184 g/mol. The zero-order chi connectivity index (χ0) is 9.84. The average molecular weight is 184 g/mol. The van der Waals surface area contributed by atoms with Gasteiger partial charge in [-0.1, -0.05) is 0 Å². The van der Waals surface area contributed by atoms with Crippen LogP contribution in [0.15, 0.2) is 0 Å². The minimum Gasteiger partial charge on any atom is -0.460 e. The second-order valence-electron chi connectivity index (χ2n) is 2.55. The van der Waals surface area contributed by atoms with E-state index in [0.29, 0.717) is 12.4 Å². The highest BCUT2D eigenvalue weighted by Crippen LogP contribution is 2.02. The van der Waals surface area contributed by atoms with Crippen LogP contribution in [0, 0.1) is 0 Å². The van der Waals surface area contributed by atoms with Crippen LogP contribution in [0.5, 0.6) is 0 Å². The number of nitrogens with one attached hydrogen (secondary N) is 1. The van der Waals surface area contributed by atoms with Crippen molar-refractivity contribution in [3.05, 3.63) is 11.6 Å². The number of ether oxygens (including phenoxy) is 1. The summed E-state index contributed by atoms with van der Waals surface area (Å²) in [5.74, 6) is -0.0390. The molecule has 1 aromatic rings. The number of rotatable bonds is 3. The van der Waals surface area contributed by atoms with Crippen molar-refractivity contribution < 1.29 is 9.53 Å². The standard InChI is InChI=1S/C7H12N4O2/c1-3-13-7(12)6-9-5(4(2)8)10-11-6/h4H,3,8H2,1-2H3,(H,9,10,11). The van der Waals surface area contributed by atoms with Gasteiger partial charge in [-0.05, 0) is 13.8 Å². The van der Waals surface area contributed by atoms with Crippen LogP contribution in [0.25, 0.3) is 0 Å². The Balaban J connectivity index is 2.73. The summed E-state index contributed by atoms with van der Waals surface area (Å²) in [7, 11) is 0. The molecule has 0 saturated carbocycles. The zero-order valence-electron chi connectivity index (χ0n) is 7.57. The van der Waals surface area contributed by atoms with Crippen molar-refractivity contribution in [3.63, 3.8) is 0 Å². The summed E-state index contributed by atoms with van der Waals surface area (Å²) < 4.78 is 4.70. The highest BCUT2D eigenvalue weighted by atomic mass is 16.5. The molecule has 0 saturated heterocycles. The molecule has 6 heteroatoms. The first-order valence-electron chi connectivity index (χ1n) is 4.00. The summed E-state index contributed by atoms with van der Waals surface area (Å²) in [5, 5.41) is 6.22. The van der Waals surface area contributed by atoms with E-state index < -0.39 is 5.97 Å². The lowest BCUT2D eigenvalue weighted by atomic mass is 10.3. The van der Waals surface area contributed by atoms with Crippen LogP contribution in [0.4, 0.5) is 0 Å². The smallest absolute Gasteiger partial charge is 0.378 e. The summed E-state index contributed by atoms with van der Waals surface area (Å²) in [6.07, 6.45) is 0. The van der Waals surface area contributed by atoms with Gasteiger partial charge in [-0.2, -0.15) is 0 Å². The van der Waals surface area contributed by atoms with E-state index in [1.54, 1.807) is 13.8 Å². The van der Waals surface area contributed by atoms with Crippen molar-refractivity contribution in [2.24, 2.45) is 5.73 Å². The van der Waals surface area contributed by atoms with Gasteiger partial charge in [-0.25, -0.2) is 9.78 Å². The Morgan fingerprint density at radius 3 is 2.92 bits per heavy atom. The molecule has 3 N–H and O–H groups in total. The van der Waals surface area contributed by atoms with E-state index in [9.17, 15) is 4.79 Å². The van der Waals surface area contributed by atoms with Gasteiger partial charge >= 0.3 is 5.97 Å². The maximum absolute atomic E-state index is 11.1. The molecular formula is C7H12N4O2. The minimum absolute atomic E-state index is 0.0224. The topological polar surface area (TPSA) is 93.9 Å². The molecule has 0 amide bonds. The Kier molecular flexibility index (Phi) is 2.97. The fourth-order valence-electron chi connectivity index (χ4n) is 0.765. The van der Waals surface area contributed by atoms with E-state index in [2.05, 4.69) is 15.2 Å². The highest BCUT2D eigenvalue weighted by molar-refractivity contribution is 5.84. The van der Waals surface area contributed by atoms with Gasteiger partial charge in [0.15, 0.2) is 0 Å². The van der Waals surface area contributed by atoms with E-state index in [1.165, 1.54) is 0 Å². The van der Waals surface area contributed by atoms with Crippen LogP contribution in [0.3, 0.4) is 0 Å². The molecule has 0 aliphatic rings. The number of nitrogens with two attached hydrogens (primary N) is 1. The lowest BCUT2D eigenvalue weighted by Gasteiger charge is -1.96. The molecule has 0 radical (unpaired) electrons. The van der Waals surface area contributed by atoms with Crippen LogP contribution >= 0.6 is 0 Å². The van der Waals surface area contributed by atoms with Crippen molar-refractivity contribution in [3.8, 4) is 0 Å². The first kappa shape index (κ1) is 9.66. The summed E-state index contributed by atoms with van der Waals surface area (Å²) in [6, 6.07) is -0.268. The van der Waals surface area contributed by atoms with Crippen LogP contribution in [-0.2, 0) is 4.74 Å². The Hall–Kier alpha value is -1.43. The van der Waals surface area contributed by atoms with E-state index >= 15 is 0 Å². The fourth-order valence-corrected chi connectivity index (χ4v) is 0.765. The molecule has 0 aromatic carbocycles. The normalized spacial score (nSPS) is 12.5. The first-order valence-corrected chi connectivity index (χ1v) is 4.00. The van der Waals surface area contributed by atoms with Gasteiger partial charge in [0.2, 0.25) is 0 Å². The molecule has 0 fully saturated rings. The number of carbonyl (C=O) groups excluding carboxylic acids is 1. The Morgan fingerprint density at radius 2 is 2.46 bits per heavy atom. The number of H-pyrrole nitrogens is 1. The summed E-state index contributed by atoms with van der Waals surface area (Å²) >= 11 is 0. The molecule has 13 heavy (non-hydrogen) atoms. The summed E-state index contributed by atoms with van der Waals surface area (Å²) in [5.41, 5.74) is 5.52. The maximum atomic E-state index is 11.1. The second kappa shape index (κ2) is 3.99. The fraction of sp³-hybridized carbons (Fsp3) is 0.571. The lowest BCUT2D eigenvalue weighted by molar-refractivity contribution is 0.0512. The molecule has 6 nitrogen and oxygen atoms in total. The summed E-state index contributed by atoms with van der Waals surface area (Å²) in [4.78, 5) is 14.9. The Morgan fingerprint density at radius 1 is 1.77 bits per heavy atom.